The number of nitrogens with zero attached hydrogens (tertiary/aromatic N) is 1. The quantitative estimate of drug-likeness (QED) is 0.0942. The van der Waals surface area contributed by atoms with Crippen LogP contribution in [0.25, 0.3) is 54.1 Å². The molecule has 3 aromatic heterocycles. The standard InChI is InChI=1S/C27H20NOS.C15H28O2.Ir/c1-27(2,3)22-15-18(14-17-6-4-5-7-19(17)22)23-24-21(10-12-28-23)20-9-8-16-11-13-30-26(16)25(20)29-24;1-7-14(5,8-2)12(16)11-13(17)15(6,9-3)10-4;/h4-13,15H,1-3H3;11,16H,7-10H2,1-6H3;/q-1;;/b;12-11-;. The monoisotopic (exact) mass is 839 g/mol. The molecule has 0 saturated heterocycles. The van der Waals surface area contributed by atoms with Gasteiger partial charge in [-0.05, 0) is 60.1 Å². The van der Waals surface area contributed by atoms with Gasteiger partial charge in [-0.15, -0.1) is 40.5 Å². The summed E-state index contributed by atoms with van der Waals surface area (Å²) in [6.45, 7) is 18.8. The van der Waals surface area contributed by atoms with E-state index in [4.69, 9.17) is 9.40 Å². The maximum atomic E-state index is 12.2. The molecule has 3 heterocycles. The Labute approximate surface area is 303 Å². The van der Waals surface area contributed by atoms with Crippen molar-refractivity contribution in [1.29, 1.82) is 0 Å². The third-order valence-electron chi connectivity index (χ3n) is 10.4. The van der Waals surface area contributed by atoms with E-state index in [1.807, 2.05) is 47.7 Å². The van der Waals surface area contributed by atoms with E-state index in [-0.39, 0.29) is 47.9 Å². The van der Waals surface area contributed by atoms with Gasteiger partial charge in [0.25, 0.3) is 0 Å². The summed E-state index contributed by atoms with van der Waals surface area (Å²) in [6, 6.07) is 22.8. The summed E-state index contributed by atoms with van der Waals surface area (Å²) in [6.07, 6.45) is 6.63. The molecular formula is C42H48IrNO3S-. The molecule has 1 radical (unpaired) electrons. The van der Waals surface area contributed by atoms with Crippen molar-refractivity contribution in [2.75, 3.05) is 0 Å². The van der Waals surface area contributed by atoms with Gasteiger partial charge in [0.05, 0.1) is 4.70 Å². The van der Waals surface area contributed by atoms with Crippen molar-refractivity contribution in [2.24, 2.45) is 10.8 Å². The van der Waals surface area contributed by atoms with Gasteiger partial charge >= 0.3 is 0 Å². The molecule has 0 unspecified atom stereocenters. The number of rotatable bonds is 8. The second-order valence-electron chi connectivity index (χ2n) is 14.2. The van der Waals surface area contributed by atoms with Gasteiger partial charge in [0.2, 0.25) is 0 Å². The predicted molar refractivity (Wildman–Crippen MR) is 200 cm³/mol. The molecule has 6 rings (SSSR count). The topological polar surface area (TPSA) is 63.3 Å². The van der Waals surface area contributed by atoms with Gasteiger partial charge in [-0.2, -0.15) is 0 Å². The summed E-state index contributed by atoms with van der Waals surface area (Å²) in [5.41, 5.74) is 4.31. The number of aromatic nitrogens is 1. The number of hydrogen-bond donors (Lipinski definition) is 1. The zero-order valence-corrected chi connectivity index (χ0v) is 32.9. The van der Waals surface area contributed by atoms with E-state index in [1.54, 1.807) is 11.3 Å². The Morgan fingerprint density at radius 3 is 2.15 bits per heavy atom. The summed E-state index contributed by atoms with van der Waals surface area (Å²) < 4.78 is 7.66. The first kappa shape index (κ1) is 37.5. The number of hydrogen-bond acceptors (Lipinski definition) is 5. The molecule has 0 amide bonds. The molecule has 0 saturated carbocycles. The van der Waals surface area contributed by atoms with Gasteiger partial charge in [-0.1, -0.05) is 97.5 Å². The molecule has 0 spiro atoms. The number of pyridine rings is 1. The number of aliphatic hydroxyl groups excluding tert-OH is 1. The molecule has 1 N–H and O–H groups in total. The molecule has 48 heavy (non-hydrogen) atoms. The number of ketones is 1. The fourth-order valence-electron chi connectivity index (χ4n) is 6.04. The zero-order valence-electron chi connectivity index (χ0n) is 29.7. The van der Waals surface area contributed by atoms with Crippen LogP contribution in [0.4, 0.5) is 0 Å². The number of thiophene rings is 1. The second-order valence-corrected chi connectivity index (χ2v) is 15.2. The van der Waals surface area contributed by atoms with E-state index in [0.29, 0.717) is 0 Å². The van der Waals surface area contributed by atoms with Crippen molar-refractivity contribution in [3.63, 3.8) is 0 Å². The molecule has 0 bridgehead atoms. The van der Waals surface area contributed by atoms with Crippen molar-refractivity contribution < 1.29 is 34.4 Å². The van der Waals surface area contributed by atoms with E-state index < -0.39 is 0 Å². The van der Waals surface area contributed by atoms with Gasteiger partial charge in [0, 0.05) is 59.7 Å². The first-order valence-electron chi connectivity index (χ1n) is 16.9. The van der Waals surface area contributed by atoms with Crippen molar-refractivity contribution in [2.45, 2.75) is 93.4 Å². The van der Waals surface area contributed by atoms with Crippen LogP contribution in [0, 0.1) is 16.9 Å². The molecule has 4 nitrogen and oxygen atoms in total. The summed E-state index contributed by atoms with van der Waals surface area (Å²) in [5, 5.41) is 18.1. The van der Waals surface area contributed by atoms with Crippen LogP contribution in [-0.2, 0) is 30.3 Å². The molecule has 0 aliphatic rings. The van der Waals surface area contributed by atoms with Crippen LogP contribution in [-0.4, -0.2) is 15.9 Å². The van der Waals surface area contributed by atoms with Gasteiger partial charge in [-0.3, -0.25) is 9.78 Å². The normalized spacial score (nSPS) is 12.7. The molecular weight excluding hydrogens is 791 g/mol. The van der Waals surface area contributed by atoms with Crippen molar-refractivity contribution in [3.05, 3.63) is 89.6 Å². The van der Waals surface area contributed by atoms with Gasteiger partial charge in [0.15, 0.2) is 11.4 Å². The Morgan fingerprint density at radius 2 is 1.50 bits per heavy atom. The summed E-state index contributed by atoms with van der Waals surface area (Å²) in [7, 11) is 0. The molecule has 6 heteroatoms. The number of carbonyl (C=O) groups is 1. The maximum absolute atomic E-state index is 12.2. The molecule has 0 fully saturated rings. The molecule has 0 atom stereocenters. The molecule has 0 aliphatic heterocycles. The van der Waals surface area contributed by atoms with E-state index in [9.17, 15) is 9.90 Å². The predicted octanol–water partition coefficient (Wildman–Crippen LogP) is 12.8. The molecule has 3 aromatic carbocycles. The van der Waals surface area contributed by atoms with E-state index in [0.717, 1.165) is 64.3 Å². The Morgan fingerprint density at radius 1 is 0.854 bits per heavy atom. The Hall–Kier alpha value is -3.31. The SMILES string of the molecule is CC(C)(C)c1cc(-c2nccc3c2oc2c3ccc3ccsc32)[c-]c2ccccc12.CCC(C)(CC)C(=O)/C=C(\O)C(C)(CC)CC.[Ir]. The fraction of sp³-hybridized carbons (Fsp3) is 0.381. The van der Waals surface area contributed by atoms with Crippen LogP contribution in [0.15, 0.2) is 82.4 Å². The first-order chi connectivity index (χ1) is 22.3. The molecule has 0 aliphatic carbocycles. The van der Waals surface area contributed by atoms with Crippen LogP contribution >= 0.6 is 11.3 Å². The maximum Gasteiger partial charge on any atom is 0.164 e. The summed E-state index contributed by atoms with van der Waals surface area (Å²) >= 11 is 1.72. The number of carbonyl (C=O) groups excluding carboxylic acids is 1. The molecule has 6 aromatic rings. The Kier molecular flexibility index (Phi) is 11.5. The minimum Gasteiger partial charge on any atom is -0.512 e. The number of fused-ring (bicyclic) bond motifs is 6. The first-order valence-corrected chi connectivity index (χ1v) is 17.8. The number of allylic oxidation sites excluding steroid dienone is 2. The van der Waals surface area contributed by atoms with Crippen LogP contribution in [0.1, 0.15) is 93.6 Å². The van der Waals surface area contributed by atoms with E-state index >= 15 is 0 Å². The third kappa shape index (κ3) is 7.04. The number of aliphatic hydroxyl groups is 1. The Balaban J connectivity index is 0.000000251. The largest absolute Gasteiger partial charge is 0.512 e. The smallest absolute Gasteiger partial charge is 0.164 e. The minimum absolute atomic E-state index is 0. The van der Waals surface area contributed by atoms with Crippen LogP contribution in [0.2, 0.25) is 0 Å². The average Bonchev–Trinajstić information content (AvgIpc) is 3.71. The van der Waals surface area contributed by atoms with Crippen molar-refractivity contribution in [1.82, 2.24) is 4.98 Å². The average molecular weight is 839 g/mol. The van der Waals surface area contributed by atoms with Crippen LogP contribution in [0.5, 0.6) is 0 Å². The van der Waals surface area contributed by atoms with Gasteiger partial charge < -0.3 is 9.52 Å². The molecule has 255 valence electrons. The van der Waals surface area contributed by atoms with E-state index in [1.165, 1.54) is 27.1 Å². The van der Waals surface area contributed by atoms with Crippen LogP contribution in [0.3, 0.4) is 0 Å². The van der Waals surface area contributed by atoms with Crippen LogP contribution < -0.4 is 0 Å². The minimum atomic E-state index is -0.337. The number of furan rings is 1. The fourth-order valence-corrected chi connectivity index (χ4v) is 6.92. The summed E-state index contributed by atoms with van der Waals surface area (Å²) in [5.74, 6) is 0.286. The number of benzene rings is 3. The second kappa shape index (κ2) is 14.7. The third-order valence-corrected chi connectivity index (χ3v) is 11.3. The Bertz CT molecular complexity index is 2090. The zero-order chi connectivity index (χ0) is 34.1. The van der Waals surface area contributed by atoms with Gasteiger partial charge in [-0.25, -0.2) is 0 Å². The van der Waals surface area contributed by atoms with E-state index in [2.05, 4.69) is 86.8 Å². The van der Waals surface area contributed by atoms with Gasteiger partial charge in [0.1, 0.15) is 11.3 Å². The van der Waals surface area contributed by atoms with Crippen molar-refractivity contribution in [3.8, 4) is 11.3 Å². The van der Waals surface area contributed by atoms with Crippen molar-refractivity contribution >= 4 is 59.9 Å². The summed E-state index contributed by atoms with van der Waals surface area (Å²) in [4.78, 5) is 16.9.